The molecule has 0 aromatic rings. The van der Waals surface area contributed by atoms with Gasteiger partial charge in [-0.1, -0.05) is 322 Å². The summed E-state index contributed by atoms with van der Waals surface area (Å²) in [6.07, 6.45) is 74.7. The Kier molecular flexibility index (Phi) is 60.4. The summed E-state index contributed by atoms with van der Waals surface area (Å²) in [6, 6.07) is -0.842. The van der Waals surface area contributed by atoms with E-state index in [9.17, 15) is 19.0 Å². The van der Waals surface area contributed by atoms with Crippen LogP contribution in [0.1, 0.15) is 367 Å². The van der Waals surface area contributed by atoms with Crippen molar-refractivity contribution < 1.29 is 37.3 Å². The number of nitrogens with one attached hydrogen (secondary N) is 1. The quantitative estimate of drug-likeness (QED) is 0.0205. The van der Waals surface area contributed by atoms with Crippen LogP contribution >= 0.6 is 7.82 Å². The topological polar surface area (TPSA) is 111 Å². The number of rotatable bonds is 66. The first-order valence-electron chi connectivity index (χ1n) is 35.7. The highest BCUT2D eigenvalue weighted by atomic mass is 31.2. The van der Waals surface area contributed by atoms with E-state index in [-0.39, 0.29) is 25.1 Å². The molecule has 3 atom stereocenters. The number of unbranched alkanes of at least 4 members (excludes halogenated alkanes) is 48. The number of carbonyl (C=O) groups is 2. The van der Waals surface area contributed by atoms with Crippen LogP contribution in [-0.4, -0.2) is 74.3 Å². The zero-order valence-electron chi connectivity index (χ0n) is 55.1. The summed E-state index contributed by atoms with van der Waals surface area (Å²) in [6.45, 7) is 7.08. The van der Waals surface area contributed by atoms with Gasteiger partial charge in [-0.05, 0) is 57.4 Å². The number of esters is 1. The lowest BCUT2D eigenvalue weighted by atomic mass is 10.0. The second-order valence-corrected chi connectivity index (χ2v) is 27.2. The maximum atomic E-state index is 13.6. The summed E-state index contributed by atoms with van der Waals surface area (Å²) in [5, 5.41) is 3.08. The summed E-state index contributed by atoms with van der Waals surface area (Å²) in [5.74, 6) is -0.481. The van der Waals surface area contributed by atoms with Gasteiger partial charge in [-0.3, -0.25) is 18.6 Å². The fraction of sp³-hybridized carbons (Fsp3) is 0.915. The van der Waals surface area contributed by atoms with Crippen LogP contribution in [0.3, 0.4) is 0 Å². The van der Waals surface area contributed by atoms with Gasteiger partial charge in [0.15, 0.2) is 0 Å². The number of nitrogens with zero attached hydrogens (tertiary/aromatic N) is 1. The van der Waals surface area contributed by atoms with E-state index in [1.165, 1.54) is 276 Å². The molecule has 480 valence electrons. The summed E-state index contributed by atoms with van der Waals surface area (Å²) in [4.78, 5) is 37.9. The molecule has 1 amide bonds. The Labute approximate surface area is 504 Å². The number of allylic oxidation sites excluding steroid dienone is 3. The van der Waals surface area contributed by atoms with Gasteiger partial charge in [0.2, 0.25) is 5.91 Å². The molecule has 0 rings (SSSR count). The lowest BCUT2D eigenvalue weighted by Gasteiger charge is -2.27. The fourth-order valence-corrected chi connectivity index (χ4v) is 11.6. The first-order valence-corrected chi connectivity index (χ1v) is 37.2. The Morgan fingerprint density at radius 3 is 1.05 bits per heavy atom. The van der Waals surface area contributed by atoms with Gasteiger partial charge in [0.05, 0.1) is 33.8 Å². The number of quaternary nitrogens is 1. The number of likely N-dealkylation sites (N-methyl/N-ethyl adjacent to an activating group) is 1. The zero-order valence-corrected chi connectivity index (χ0v) is 56.0. The average Bonchev–Trinajstić information content (AvgIpc) is 3.44. The van der Waals surface area contributed by atoms with Crippen molar-refractivity contribution in [1.82, 2.24) is 5.32 Å². The lowest BCUT2D eigenvalue weighted by Crippen LogP contribution is -2.47. The highest BCUT2D eigenvalue weighted by molar-refractivity contribution is 7.47. The number of phosphoric acid groups is 1. The van der Waals surface area contributed by atoms with E-state index >= 15 is 0 Å². The number of phosphoric ester groups is 1. The number of hydrogen-bond donors (Lipinski definition) is 2. The van der Waals surface area contributed by atoms with Gasteiger partial charge in [-0.25, -0.2) is 4.57 Å². The van der Waals surface area contributed by atoms with E-state index in [2.05, 4.69) is 44.3 Å². The SMILES string of the molecule is CCCCCCCC/C=C/CCCCCCCCCCCCCCCCCC(=O)OC(/C=C/CCCCCCCCCCCCC)C(COP(=O)(O)OCC[N+](C)(C)C)NC(=O)CCCCCCCCCCCCCCCCCCC. The summed E-state index contributed by atoms with van der Waals surface area (Å²) < 4.78 is 30.8. The molecule has 0 radical (unpaired) electrons. The highest BCUT2D eigenvalue weighted by Crippen LogP contribution is 2.43. The Bertz CT molecular complexity index is 1430. The van der Waals surface area contributed by atoms with Crippen molar-refractivity contribution in [2.24, 2.45) is 0 Å². The van der Waals surface area contributed by atoms with Crippen molar-refractivity contribution in [3.8, 4) is 0 Å². The summed E-state index contributed by atoms with van der Waals surface area (Å²) >= 11 is 0. The predicted molar refractivity (Wildman–Crippen MR) is 351 cm³/mol. The molecule has 0 saturated heterocycles. The molecule has 0 aliphatic heterocycles. The molecule has 2 N–H and O–H groups in total. The molecule has 0 bridgehead atoms. The molecule has 0 saturated carbocycles. The molecule has 0 aliphatic carbocycles. The molecule has 0 aromatic carbocycles. The monoisotopic (exact) mass is 1160 g/mol. The number of amides is 1. The van der Waals surface area contributed by atoms with Crippen LogP contribution in [0.15, 0.2) is 24.3 Å². The first-order chi connectivity index (χ1) is 39.4. The van der Waals surface area contributed by atoms with Gasteiger partial charge in [0, 0.05) is 12.8 Å². The third kappa shape index (κ3) is 62.8. The third-order valence-electron chi connectivity index (χ3n) is 16.4. The Hall–Kier alpha value is -1.51. The minimum absolute atomic E-state index is 0.0448. The van der Waals surface area contributed by atoms with Crippen LogP contribution in [0.2, 0.25) is 0 Å². The zero-order chi connectivity index (χ0) is 59.3. The molecule has 10 heteroatoms. The second-order valence-electron chi connectivity index (χ2n) is 25.8. The van der Waals surface area contributed by atoms with Crippen molar-refractivity contribution in [1.29, 1.82) is 0 Å². The number of hydrogen-bond acceptors (Lipinski definition) is 6. The number of ether oxygens (including phenoxy) is 1. The maximum Gasteiger partial charge on any atom is 0.472 e. The van der Waals surface area contributed by atoms with Crippen LogP contribution < -0.4 is 5.32 Å². The fourth-order valence-electron chi connectivity index (χ4n) is 10.9. The average molecular weight is 1160 g/mol. The van der Waals surface area contributed by atoms with E-state index in [0.29, 0.717) is 23.9 Å². The highest BCUT2D eigenvalue weighted by Gasteiger charge is 2.30. The van der Waals surface area contributed by atoms with Gasteiger partial charge in [0.25, 0.3) is 0 Å². The minimum Gasteiger partial charge on any atom is -0.456 e. The van der Waals surface area contributed by atoms with Crippen LogP contribution in [0.25, 0.3) is 0 Å². The molecule has 0 aliphatic rings. The van der Waals surface area contributed by atoms with Crippen LogP contribution in [0, 0.1) is 0 Å². The molecular formula is C71H140N2O7P+. The van der Waals surface area contributed by atoms with Crippen molar-refractivity contribution in [3.63, 3.8) is 0 Å². The van der Waals surface area contributed by atoms with E-state index in [4.69, 9.17) is 13.8 Å². The van der Waals surface area contributed by atoms with Crippen LogP contribution in [-0.2, 0) is 27.9 Å². The Morgan fingerprint density at radius 1 is 0.420 bits per heavy atom. The van der Waals surface area contributed by atoms with E-state index in [1.807, 2.05) is 27.2 Å². The maximum absolute atomic E-state index is 13.6. The van der Waals surface area contributed by atoms with E-state index < -0.39 is 20.0 Å². The van der Waals surface area contributed by atoms with Gasteiger partial charge in [-0.2, -0.15) is 0 Å². The third-order valence-corrected chi connectivity index (χ3v) is 17.4. The van der Waals surface area contributed by atoms with E-state index in [1.54, 1.807) is 0 Å². The van der Waals surface area contributed by atoms with Gasteiger partial charge < -0.3 is 19.4 Å². The second kappa shape index (κ2) is 61.6. The molecular weight excluding hydrogens is 1020 g/mol. The van der Waals surface area contributed by atoms with Gasteiger partial charge in [0.1, 0.15) is 19.3 Å². The predicted octanol–water partition coefficient (Wildman–Crippen LogP) is 22.5. The molecule has 0 heterocycles. The Morgan fingerprint density at radius 2 is 0.716 bits per heavy atom. The van der Waals surface area contributed by atoms with Crippen molar-refractivity contribution in [2.75, 3.05) is 40.9 Å². The molecule has 3 unspecified atom stereocenters. The first kappa shape index (κ1) is 79.5. The summed E-state index contributed by atoms with van der Waals surface area (Å²) in [5.41, 5.74) is 0. The minimum atomic E-state index is -4.45. The summed E-state index contributed by atoms with van der Waals surface area (Å²) in [7, 11) is 1.52. The Balaban J connectivity index is 5.04. The molecule has 0 spiro atoms. The standard InChI is InChI=1S/C71H139N2O7P/c1-7-10-13-16-19-22-25-28-30-32-33-34-35-36-37-38-39-41-43-46-49-52-55-58-61-64-71(75)80-69(62-59-56-53-50-47-44-27-24-21-18-15-12-9-3)68(67-79-81(76,77)78-66-65-73(4,5)6)72-70(74)63-60-57-54-51-48-45-42-40-31-29-26-23-20-17-14-11-8-2/h28,30,59,62,68-69H,7-27,29,31-58,60-61,63-67H2,1-6H3,(H-,72,74,76,77)/p+1/b30-28+,62-59+. The van der Waals surface area contributed by atoms with Crippen molar-refractivity contribution in [3.05, 3.63) is 24.3 Å². The largest absolute Gasteiger partial charge is 0.472 e. The molecule has 0 fully saturated rings. The van der Waals surface area contributed by atoms with Gasteiger partial charge in [-0.15, -0.1) is 0 Å². The van der Waals surface area contributed by atoms with Crippen molar-refractivity contribution in [2.45, 2.75) is 380 Å². The number of carbonyl (C=O) groups excluding carboxylic acids is 2. The van der Waals surface area contributed by atoms with E-state index in [0.717, 1.165) is 57.8 Å². The normalized spacial score (nSPS) is 13.6. The molecule has 81 heavy (non-hydrogen) atoms. The van der Waals surface area contributed by atoms with Crippen molar-refractivity contribution >= 4 is 19.7 Å². The van der Waals surface area contributed by atoms with Gasteiger partial charge >= 0.3 is 13.8 Å². The lowest BCUT2D eigenvalue weighted by molar-refractivity contribution is -0.870. The molecule has 0 aromatic heterocycles. The van der Waals surface area contributed by atoms with Crippen LogP contribution in [0.5, 0.6) is 0 Å². The smallest absolute Gasteiger partial charge is 0.456 e. The molecule has 9 nitrogen and oxygen atoms in total. The van der Waals surface area contributed by atoms with Crippen LogP contribution in [0.4, 0.5) is 0 Å².